The summed E-state index contributed by atoms with van der Waals surface area (Å²) in [5, 5.41) is 10.6. The average molecular weight is 451 g/mol. The molecule has 6 heteroatoms. The molecule has 1 aliphatic heterocycles. The first-order valence-electron chi connectivity index (χ1n) is 12.2. The van der Waals surface area contributed by atoms with Crippen LogP contribution in [0.3, 0.4) is 0 Å². The molecule has 5 nitrogen and oxygen atoms in total. The van der Waals surface area contributed by atoms with Crippen molar-refractivity contribution in [1.29, 1.82) is 0 Å². The first kappa shape index (κ1) is 23.0. The van der Waals surface area contributed by atoms with Crippen molar-refractivity contribution >= 4 is 11.3 Å². The van der Waals surface area contributed by atoms with Crippen molar-refractivity contribution in [2.45, 2.75) is 83.7 Å². The molecule has 4 rings (SSSR count). The Morgan fingerprint density at radius 2 is 1.56 bits per heavy atom. The topological polar surface area (TPSA) is 60.8 Å². The second kappa shape index (κ2) is 12.2. The normalized spacial score (nSPS) is 16.0. The Balaban J connectivity index is 1.25. The minimum Gasteiger partial charge on any atom is -0.371 e. The highest BCUT2D eigenvalue weighted by Crippen LogP contribution is 2.34. The molecule has 1 unspecified atom stereocenters. The van der Waals surface area contributed by atoms with E-state index in [2.05, 4.69) is 51.4 Å². The van der Waals surface area contributed by atoms with Crippen LogP contribution < -0.4 is 0 Å². The number of nitrogens with zero attached hydrogens (tertiary/aromatic N) is 4. The lowest BCUT2D eigenvalue weighted by atomic mass is 10.1. The average Bonchev–Trinajstić information content (AvgIpc) is 3.54. The number of aromatic nitrogens is 4. The summed E-state index contributed by atoms with van der Waals surface area (Å²) in [6.07, 6.45) is 18.0. The highest BCUT2D eigenvalue weighted by molar-refractivity contribution is 7.14. The van der Waals surface area contributed by atoms with E-state index in [0.29, 0.717) is 0 Å². The molecule has 1 aromatic carbocycles. The van der Waals surface area contributed by atoms with Crippen molar-refractivity contribution in [3.8, 4) is 22.0 Å². The van der Waals surface area contributed by atoms with E-state index < -0.39 is 0 Å². The van der Waals surface area contributed by atoms with Gasteiger partial charge in [-0.05, 0) is 31.2 Å². The summed E-state index contributed by atoms with van der Waals surface area (Å²) in [5.41, 5.74) is 3.32. The molecule has 170 valence electrons. The molecule has 0 spiro atoms. The zero-order chi connectivity index (χ0) is 22.0. The van der Waals surface area contributed by atoms with Crippen molar-refractivity contribution in [3.05, 3.63) is 47.2 Å². The molecule has 0 radical (unpaired) electrons. The Bertz CT molecular complexity index is 933. The number of hydrogen-bond donors (Lipinski definition) is 0. The van der Waals surface area contributed by atoms with E-state index in [4.69, 9.17) is 4.74 Å². The lowest BCUT2D eigenvalue weighted by Crippen LogP contribution is -1.93. The zero-order valence-electron chi connectivity index (χ0n) is 19.1. The van der Waals surface area contributed by atoms with Crippen LogP contribution in [0, 0.1) is 0 Å². The summed E-state index contributed by atoms with van der Waals surface area (Å²) in [6, 6.07) is 8.28. The van der Waals surface area contributed by atoms with Gasteiger partial charge >= 0.3 is 0 Å². The highest BCUT2D eigenvalue weighted by Gasteiger charge is 2.22. The molecule has 0 saturated carbocycles. The maximum Gasteiger partial charge on any atom is 0.159 e. The van der Waals surface area contributed by atoms with E-state index in [-0.39, 0.29) is 6.10 Å². The maximum atomic E-state index is 5.72. The standard InChI is InChI=1S/C26H34N4OS/c1-2-3-4-5-6-7-8-9-11-20-18-27-24(28-19-20)21-13-15-22(16-14-21)25-29-30-26(32-25)23-12-10-17-31-23/h13-16,18-19,23H,2-12,17H2,1H3. The Hall–Kier alpha value is -2.18. The lowest BCUT2D eigenvalue weighted by Gasteiger charge is -2.05. The molecule has 0 amide bonds. The third kappa shape index (κ3) is 6.42. The molecule has 32 heavy (non-hydrogen) atoms. The fourth-order valence-electron chi connectivity index (χ4n) is 4.11. The molecule has 1 aliphatic rings. The summed E-state index contributed by atoms with van der Waals surface area (Å²) < 4.78 is 5.72. The zero-order valence-corrected chi connectivity index (χ0v) is 19.9. The molecular formula is C26H34N4OS. The van der Waals surface area contributed by atoms with Crippen LogP contribution in [-0.4, -0.2) is 26.8 Å². The molecule has 0 N–H and O–H groups in total. The Morgan fingerprint density at radius 3 is 2.25 bits per heavy atom. The maximum absolute atomic E-state index is 5.72. The first-order chi connectivity index (χ1) is 15.8. The van der Waals surface area contributed by atoms with Crippen LogP contribution in [0.4, 0.5) is 0 Å². The third-order valence-corrected chi connectivity index (χ3v) is 7.12. The van der Waals surface area contributed by atoms with Gasteiger partial charge in [-0.3, -0.25) is 0 Å². The van der Waals surface area contributed by atoms with Crippen LogP contribution in [0.2, 0.25) is 0 Å². The van der Waals surface area contributed by atoms with Crippen LogP contribution in [0.5, 0.6) is 0 Å². The van der Waals surface area contributed by atoms with Crippen LogP contribution in [0.15, 0.2) is 36.7 Å². The van der Waals surface area contributed by atoms with Gasteiger partial charge in [0, 0.05) is 30.1 Å². The summed E-state index contributed by atoms with van der Waals surface area (Å²) >= 11 is 1.62. The molecule has 0 aliphatic carbocycles. The number of rotatable bonds is 12. The van der Waals surface area contributed by atoms with Crippen molar-refractivity contribution in [2.75, 3.05) is 6.61 Å². The summed E-state index contributed by atoms with van der Waals surface area (Å²) in [5.74, 6) is 0.772. The quantitative estimate of drug-likeness (QED) is 0.273. The van der Waals surface area contributed by atoms with Gasteiger partial charge in [0.05, 0.1) is 0 Å². The summed E-state index contributed by atoms with van der Waals surface area (Å²) in [7, 11) is 0. The number of hydrogen-bond acceptors (Lipinski definition) is 6. The van der Waals surface area contributed by atoms with E-state index in [9.17, 15) is 0 Å². The fourth-order valence-corrected chi connectivity index (χ4v) is 5.04. The van der Waals surface area contributed by atoms with E-state index in [1.165, 1.54) is 56.9 Å². The predicted octanol–water partition coefficient (Wildman–Crippen LogP) is 7.20. The van der Waals surface area contributed by atoms with Gasteiger partial charge in [0.15, 0.2) is 5.82 Å². The minimum absolute atomic E-state index is 0.123. The van der Waals surface area contributed by atoms with Crippen LogP contribution >= 0.6 is 11.3 Å². The minimum atomic E-state index is 0.123. The predicted molar refractivity (Wildman–Crippen MR) is 131 cm³/mol. The smallest absolute Gasteiger partial charge is 0.159 e. The monoisotopic (exact) mass is 450 g/mol. The third-order valence-electron chi connectivity index (χ3n) is 6.06. The molecule has 1 atom stereocenters. The number of benzene rings is 1. The number of ether oxygens (including phenoxy) is 1. The van der Waals surface area contributed by atoms with Gasteiger partial charge < -0.3 is 4.74 Å². The van der Waals surface area contributed by atoms with Crippen LogP contribution in [0.25, 0.3) is 22.0 Å². The van der Waals surface area contributed by atoms with Crippen molar-refractivity contribution in [3.63, 3.8) is 0 Å². The van der Waals surface area contributed by atoms with E-state index in [1.807, 2.05) is 12.4 Å². The van der Waals surface area contributed by atoms with E-state index >= 15 is 0 Å². The van der Waals surface area contributed by atoms with Gasteiger partial charge in [0.1, 0.15) is 16.1 Å². The SMILES string of the molecule is CCCCCCCCCCc1cnc(-c2ccc(-c3nnc(C4CCCO4)s3)cc2)nc1. The first-order valence-corrected chi connectivity index (χ1v) is 13.0. The molecule has 3 heterocycles. The largest absolute Gasteiger partial charge is 0.371 e. The van der Waals surface area contributed by atoms with Gasteiger partial charge in [-0.2, -0.15) is 0 Å². The summed E-state index contributed by atoms with van der Waals surface area (Å²) in [4.78, 5) is 9.21. The molecular weight excluding hydrogens is 416 g/mol. The Kier molecular flexibility index (Phi) is 8.74. The molecule has 1 saturated heterocycles. The van der Waals surface area contributed by atoms with Gasteiger partial charge in [-0.15, -0.1) is 10.2 Å². The van der Waals surface area contributed by atoms with Crippen molar-refractivity contribution < 1.29 is 4.74 Å². The second-order valence-electron chi connectivity index (χ2n) is 8.66. The van der Waals surface area contributed by atoms with Crippen LogP contribution in [0.1, 0.15) is 87.8 Å². The Morgan fingerprint density at radius 1 is 0.875 bits per heavy atom. The van der Waals surface area contributed by atoms with Crippen molar-refractivity contribution in [1.82, 2.24) is 20.2 Å². The molecule has 0 bridgehead atoms. The molecule has 2 aromatic heterocycles. The second-order valence-corrected chi connectivity index (χ2v) is 9.67. The van der Waals surface area contributed by atoms with Gasteiger partial charge in [0.25, 0.3) is 0 Å². The summed E-state index contributed by atoms with van der Waals surface area (Å²) in [6.45, 7) is 3.09. The molecule has 1 fully saturated rings. The van der Waals surface area contributed by atoms with Gasteiger partial charge in [0.2, 0.25) is 0 Å². The van der Waals surface area contributed by atoms with Gasteiger partial charge in [-0.25, -0.2) is 9.97 Å². The fraction of sp³-hybridized carbons (Fsp3) is 0.538. The van der Waals surface area contributed by atoms with E-state index in [0.717, 1.165) is 52.8 Å². The van der Waals surface area contributed by atoms with E-state index in [1.54, 1.807) is 11.3 Å². The number of unbranched alkanes of at least 4 members (excludes halogenated alkanes) is 7. The Labute approximate surface area is 195 Å². The van der Waals surface area contributed by atoms with Crippen LogP contribution in [-0.2, 0) is 11.2 Å². The number of aryl methyl sites for hydroxylation is 1. The van der Waals surface area contributed by atoms with Crippen molar-refractivity contribution in [2.24, 2.45) is 0 Å². The lowest BCUT2D eigenvalue weighted by molar-refractivity contribution is 0.111. The van der Waals surface area contributed by atoms with Gasteiger partial charge in [-0.1, -0.05) is 87.5 Å². The highest BCUT2D eigenvalue weighted by atomic mass is 32.1. The molecule has 3 aromatic rings.